The van der Waals surface area contributed by atoms with Crippen molar-refractivity contribution in [2.24, 2.45) is 7.05 Å². The van der Waals surface area contributed by atoms with E-state index >= 15 is 0 Å². The van der Waals surface area contributed by atoms with Gasteiger partial charge in [-0.05, 0) is 69.4 Å². The number of hydrogen-bond acceptors (Lipinski definition) is 6. The van der Waals surface area contributed by atoms with Crippen LogP contribution < -0.4 is 10.1 Å². The van der Waals surface area contributed by atoms with Crippen molar-refractivity contribution in [3.05, 3.63) is 46.6 Å². The summed E-state index contributed by atoms with van der Waals surface area (Å²) < 4.78 is 13.2. The molecule has 1 aromatic carbocycles. The van der Waals surface area contributed by atoms with Crippen LogP contribution in [0.15, 0.2) is 24.3 Å². The average molecular weight is 480 g/mol. The molecule has 2 amide bonds. The van der Waals surface area contributed by atoms with Gasteiger partial charge in [0.15, 0.2) is 12.3 Å². The van der Waals surface area contributed by atoms with Crippen molar-refractivity contribution in [2.45, 2.75) is 46.6 Å². The quantitative estimate of drug-likeness (QED) is 0.533. The minimum Gasteiger partial charge on any atom is -0.466 e. The van der Waals surface area contributed by atoms with Crippen LogP contribution in [0.3, 0.4) is 0 Å². The Bertz CT molecular complexity index is 1250. The number of fused-ring (bicyclic) bond motifs is 1. The highest BCUT2D eigenvalue weighted by atomic mass is 16.5. The van der Waals surface area contributed by atoms with Crippen LogP contribution in [0.2, 0.25) is 0 Å². The standard InChI is InChI=1S/C26H33N5O4/c1-16-8-6-10-21(19(16)4)28-22(32)14-31(13-20-9-7-11-34-20)23(33)15-35-26-24-17(2)12-18(3)27-25(24)30(5)29-26/h6,8,10,12,20H,7,9,11,13-15H2,1-5H3,(H,28,32). The molecule has 0 bridgehead atoms. The van der Waals surface area contributed by atoms with E-state index in [0.717, 1.165) is 46.3 Å². The summed E-state index contributed by atoms with van der Waals surface area (Å²) in [6.07, 6.45) is 1.72. The second kappa shape index (κ2) is 10.4. The zero-order chi connectivity index (χ0) is 25.1. The minimum absolute atomic E-state index is 0.0851. The number of nitrogens with one attached hydrogen (secondary N) is 1. The van der Waals surface area contributed by atoms with Gasteiger partial charge in [0.25, 0.3) is 5.91 Å². The van der Waals surface area contributed by atoms with Crippen molar-refractivity contribution in [1.29, 1.82) is 0 Å². The summed E-state index contributed by atoms with van der Waals surface area (Å²) in [5.74, 6) is -0.199. The summed E-state index contributed by atoms with van der Waals surface area (Å²) >= 11 is 0. The summed E-state index contributed by atoms with van der Waals surface area (Å²) in [6.45, 7) is 8.54. The lowest BCUT2D eigenvalue weighted by atomic mass is 10.1. The smallest absolute Gasteiger partial charge is 0.261 e. The van der Waals surface area contributed by atoms with Crippen LogP contribution in [0.1, 0.15) is 35.2 Å². The van der Waals surface area contributed by atoms with Crippen LogP contribution in [-0.4, -0.2) is 63.9 Å². The number of nitrogens with zero attached hydrogens (tertiary/aromatic N) is 4. The molecule has 1 aliphatic rings. The topological polar surface area (TPSA) is 98.6 Å². The monoisotopic (exact) mass is 479 g/mol. The number of amides is 2. The van der Waals surface area contributed by atoms with Crippen molar-refractivity contribution in [3.8, 4) is 5.88 Å². The highest BCUT2D eigenvalue weighted by molar-refractivity contribution is 5.95. The molecule has 1 atom stereocenters. The molecule has 186 valence electrons. The van der Waals surface area contributed by atoms with E-state index in [4.69, 9.17) is 9.47 Å². The van der Waals surface area contributed by atoms with Gasteiger partial charge in [0, 0.05) is 31.6 Å². The normalized spacial score (nSPS) is 15.4. The molecule has 0 aliphatic carbocycles. The number of hydrogen-bond donors (Lipinski definition) is 1. The predicted octanol–water partition coefficient (Wildman–Crippen LogP) is 3.23. The number of benzene rings is 1. The molecule has 9 nitrogen and oxygen atoms in total. The van der Waals surface area contributed by atoms with Gasteiger partial charge in [-0.25, -0.2) is 9.67 Å². The Kier molecular flexibility index (Phi) is 7.35. The van der Waals surface area contributed by atoms with Gasteiger partial charge < -0.3 is 19.7 Å². The molecule has 9 heteroatoms. The van der Waals surface area contributed by atoms with Crippen LogP contribution >= 0.6 is 0 Å². The van der Waals surface area contributed by atoms with Gasteiger partial charge in [-0.15, -0.1) is 5.10 Å². The van der Waals surface area contributed by atoms with Crippen molar-refractivity contribution in [2.75, 3.05) is 31.6 Å². The number of ether oxygens (including phenoxy) is 2. The van der Waals surface area contributed by atoms with Crippen molar-refractivity contribution < 1.29 is 19.1 Å². The molecular formula is C26H33N5O4. The number of aryl methyl sites for hydroxylation is 4. The number of anilines is 1. The Balaban J connectivity index is 1.47. The SMILES string of the molecule is Cc1cc(C)c2c(OCC(=O)N(CC(=O)Nc3cccc(C)c3C)CC3CCCO3)nn(C)c2n1. The lowest BCUT2D eigenvalue weighted by molar-refractivity contribution is -0.138. The Hall–Kier alpha value is -3.46. The van der Waals surface area contributed by atoms with Crippen LogP contribution in [-0.2, 0) is 21.4 Å². The van der Waals surface area contributed by atoms with E-state index in [9.17, 15) is 9.59 Å². The molecule has 1 saturated heterocycles. The van der Waals surface area contributed by atoms with E-state index in [2.05, 4.69) is 15.4 Å². The molecule has 0 spiro atoms. The van der Waals surface area contributed by atoms with Gasteiger partial charge >= 0.3 is 0 Å². The third-order valence-electron chi connectivity index (χ3n) is 6.43. The van der Waals surface area contributed by atoms with E-state index in [1.54, 1.807) is 11.7 Å². The zero-order valence-corrected chi connectivity index (χ0v) is 21.1. The fourth-order valence-corrected chi connectivity index (χ4v) is 4.41. The first kappa shape index (κ1) is 24.7. The van der Waals surface area contributed by atoms with Crippen molar-refractivity contribution in [3.63, 3.8) is 0 Å². The second-order valence-electron chi connectivity index (χ2n) is 9.20. The van der Waals surface area contributed by atoms with Gasteiger partial charge in [0.2, 0.25) is 11.8 Å². The summed E-state index contributed by atoms with van der Waals surface area (Å²) in [4.78, 5) is 32.1. The fraction of sp³-hybridized carbons (Fsp3) is 0.462. The second-order valence-corrected chi connectivity index (χ2v) is 9.20. The molecule has 1 aliphatic heterocycles. The number of rotatable bonds is 8. The van der Waals surface area contributed by atoms with E-state index in [1.807, 2.05) is 52.0 Å². The first-order chi connectivity index (χ1) is 16.7. The van der Waals surface area contributed by atoms with Crippen LogP contribution in [0.25, 0.3) is 11.0 Å². The number of aromatic nitrogens is 3. The fourth-order valence-electron chi connectivity index (χ4n) is 4.41. The molecular weight excluding hydrogens is 446 g/mol. The van der Waals surface area contributed by atoms with Gasteiger partial charge in [0.05, 0.1) is 11.5 Å². The summed E-state index contributed by atoms with van der Waals surface area (Å²) in [5, 5.41) is 8.14. The first-order valence-electron chi connectivity index (χ1n) is 11.9. The maximum absolute atomic E-state index is 13.2. The van der Waals surface area contributed by atoms with Gasteiger partial charge in [0.1, 0.15) is 6.54 Å². The third kappa shape index (κ3) is 5.62. The Morgan fingerprint density at radius 3 is 2.77 bits per heavy atom. The van der Waals surface area contributed by atoms with E-state index in [-0.39, 0.29) is 31.1 Å². The largest absolute Gasteiger partial charge is 0.466 e. The Morgan fingerprint density at radius 2 is 2.03 bits per heavy atom. The molecule has 1 N–H and O–H groups in total. The lowest BCUT2D eigenvalue weighted by Gasteiger charge is -2.25. The molecule has 4 rings (SSSR count). The van der Waals surface area contributed by atoms with Crippen molar-refractivity contribution >= 4 is 28.5 Å². The number of carbonyl (C=O) groups excluding carboxylic acids is 2. The predicted molar refractivity (Wildman–Crippen MR) is 134 cm³/mol. The molecule has 3 aromatic rings. The first-order valence-corrected chi connectivity index (χ1v) is 11.9. The summed E-state index contributed by atoms with van der Waals surface area (Å²) in [5.41, 5.74) is 5.40. The number of pyridine rings is 1. The molecule has 35 heavy (non-hydrogen) atoms. The maximum Gasteiger partial charge on any atom is 0.261 e. The molecule has 0 saturated carbocycles. The molecule has 1 fully saturated rings. The van der Waals surface area contributed by atoms with E-state index < -0.39 is 0 Å². The maximum atomic E-state index is 13.2. The average Bonchev–Trinajstić information content (AvgIpc) is 3.42. The molecule has 2 aromatic heterocycles. The lowest BCUT2D eigenvalue weighted by Crippen LogP contribution is -2.44. The van der Waals surface area contributed by atoms with Gasteiger partial charge in [-0.3, -0.25) is 9.59 Å². The highest BCUT2D eigenvalue weighted by Crippen LogP contribution is 2.27. The number of carbonyl (C=O) groups is 2. The summed E-state index contributed by atoms with van der Waals surface area (Å²) in [6, 6.07) is 7.71. The Morgan fingerprint density at radius 1 is 1.23 bits per heavy atom. The van der Waals surface area contributed by atoms with E-state index in [1.165, 1.54) is 4.90 Å². The van der Waals surface area contributed by atoms with Gasteiger partial charge in [-0.1, -0.05) is 12.1 Å². The van der Waals surface area contributed by atoms with E-state index in [0.29, 0.717) is 24.7 Å². The van der Waals surface area contributed by atoms with Crippen LogP contribution in [0.5, 0.6) is 5.88 Å². The Labute approximate surface area is 205 Å². The van der Waals surface area contributed by atoms with Crippen LogP contribution in [0.4, 0.5) is 5.69 Å². The molecule has 1 unspecified atom stereocenters. The zero-order valence-electron chi connectivity index (χ0n) is 21.1. The van der Waals surface area contributed by atoms with Crippen molar-refractivity contribution in [1.82, 2.24) is 19.7 Å². The summed E-state index contributed by atoms with van der Waals surface area (Å²) in [7, 11) is 1.80. The molecule has 3 heterocycles. The molecule has 0 radical (unpaired) electrons. The van der Waals surface area contributed by atoms with Gasteiger partial charge in [-0.2, -0.15) is 0 Å². The highest BCUT2D eigenvalue weighted by Gasteiger charge is 2.26. The third-order valence-corrected chi connectivity index (χ3v) is 6.43. The minimum atomic E-state index is -0.298. The van der Waals surface area contributed by atoms with Crippen LogP contribution in [0, 0.1) is 27.7 Å².